The normalized spacial score (nSPS) is 11.6. The van der Waals surface area contributed by atoms with Gasteiger partial charge in [-0.15, -0.1) is 35.5 Å². The highest BCUT2D eigenvalue weighted by atomic mass is 35.5. The summed E-state index contributed by atoms with van der Waals surface area (Å²) in [4.78, 5) is 17.5. The summed E-state index contributed by atoms with van der Waals surface area (Å²) >= 11 is 3.10. The van der Waals surface area contributed by atoms with E-state index in [0.29, 0.717) is 11.7 Å². The van der Waals surface area contributed by atoms with Crippen LogP contribution in [0, 0.1) is 0 Å². The molecule has 126 valence electrons. The van der Waals surface area contributed by atoms with Gasteiger partial charge in [0.1, 0.15) is 0 Å². The van der Waals surface area contributed by atoms with Crippen LogP contribution in [0.3, 0.4) is 0 Å². The van der Waals surface area contributed by atoms with E-state index in [1.54, 1.807) is 18.9 Å². The first-order valence-corrected chi connectivity index (χ1v) is 8.89. The van der Waals surface area contributed by atoms with E-state index in [-0.39, 0.29) is 30.8 Å². The molecule has 1 atom stereocenters. The first-order chi connectivity index (χ1) is 10.7. The second-order valence-electron chi connectivity index (χ2n) is 4.61. The lowest BCUT2D eigenvalue weighted by molar-refractivity contribution is -0.118. The fraction of sp³-hybridized carbons (Fsp3) is 0.333. The molecule has 1 aromatic carbocycles. The second-order valence-corrected chi connectivity index (χ2v) is 6.35. The molecule has 0 aliphatic heterocycles. The predicted molar refractivity (Wildman–Crippen MR) is 99.7 cm³/mol. The SMILES string of the molecule is COC(CN)CC(=O)Nc1nc(-c2ccc(SC)cc2)cs1.Cl. The van der Waals surface area contributed by atoms with E-state index in [2.05, 4.69) is 22.4 Å². The fourth-order valence-corrected chi connectivity index (χ4v) is 3.01. The van der Waals surface area contributed by atoms with E-state index in [1.165, 1.54) is 16.2 Å². The largest absolute Gasteiger partial charge is 0.380 e. The van der Waals surface area contributed by atoms with Crippen LogP contribution in [0.25, 0.3) is 11.3 Å². The zero-order valence-corrected chi connectivity index (χ0v) is 15.4. The molecule has 0 fully saturated rings. The number of rotatable bonds is 7. The van der Waals surface area contributed by atoms with E-state index in [0.717, 1.165) is 11.3 Å². The molecule has 0 saturated heterocycles. The Morgan fingerprint density at radius 3 is 2.70 bits per heavy atom. The van der Waals surface area contributed by atoms with Crippen molar-refractivity contribution in [3.8, 4) is 11.3 Å². The number of ether oxygens (including phenoxy) is 1. The lowest BCUT2D eigenvalue weighted by Gasteiger charge is -2.11. The van der Waals surface area contributed by atoms with Gasteiger partial charge in [-0.2, -0.15) is 0 Å². The van der Waals surface area contributed by atoms with Crippen LogP contribution in [0.15, 0.2) is 34.5 Å². The molecule has 0 spiro atoms. The van der Waals surface area contributed by atoms with E-state index in [4.69, 9.17) is 10.5 Å². The summed E-state index contributed by atoms with van der Waals surface area (Å²) in [5.41, 5.74) is 7.40. The molecule has 1 heterocycles. The fourth-order valence-electron chi connectivity index (χ4n) is 1.87. The molecule has 1 amide bonds. The van der Waals surface area contributed by atoms with Gasteiger partial charge in [0.2, 0.25) is 5.91 Å². The molecule has 2 aromatic rings. The molecule has 0 aliphatic carbocycles. The third-order valence-electron chi connectivity index (χ3n) is 3.15. The minimum Gasteiger partial charge on any atom is -0.380 e. The summed E-state index contributed by atoms with van der Waals surface area (Å²) in [5, 5.41) is 5.30. The maximum Gasteiger partial charge on any atom is 0.228 e. The van der Waals surface area contributed by atoms with Crippen molar-refractivity contribution >= 4 is 46.5 Å². The number of anilines is 1. The van der Waals surface area contributed by atoms with Gasteiger partial charge in [-0.3, -0.25) is 4.79 Å². The average Bonchev–Trinajstić information content (AvgIpc) is 3.01. The van der Waals surface area contributed by atoms with Crippen LogP contribution in [0.2, 0.25) is 0 Å². The Morgan fingerprint density at radius 2 is 2.13 bits per heavy atom. The van der Waals surface area contributed by atoms with Gasteiger partial charge < -0.3 is 15.8 Å². The van der Waals surface area contributed by atoms with Gasteiger partial charge in [0, 0.05) is 29.5 Å². The van der Waals surface area contributed by atoms with Gasteiger partial charge in [0.05, 0.1) is 18.2 Å². The molecule has 8 heteroatoms. The number of halogens is 1. The van der Waals surface area contributed by atoms with Crippen molar-refractivity contribution in [2.45, 2.75) is 17.4 Å². The minimum absolute atomic E-state index is 0. The molecule has 0 bridgehead atoms. The zero-order valence-electron chi connectivity index (χ0n) is 12.9. The van der Waals surface area contributed by atoms with Gasteiger partial charge in [-0.1, -0.05) is 12.1 Å². The molecule has 0 radical (unpaired) electrons. The molecule has 1 aromatic heterocycles. The minimum atomic E-state index is -0.265. The number of nitrogens with one attached hydrogen (secondary N) is 1. The quantitative estimate of drug-likeness (QED) is 0.728. The van der Waals surface area contributed by atoms with E-state index in [9.17, 15) is 4.79 Å². The average molecular weight is 374 g/mol. The Morgan fingerprint density at radius 1 is 1.43 bits per heavy atom. The number of benzene rings is 1. The topological polar surface area (TPSA) is 77.2 Å². The maximum absolute atomic E-state index is 11.9. The molecule has 0 aliphatic rings. The van der Waals surface area contributed by atoms with Crippen molar-refractivity contribution in [3.63, 3.8) is 0 Å². The maximum atomic E-state index is 11.9. The molecular weight excluding hydrogens is 354 g/mol. The smallest absolute Gasteiger partial charge is 0.228 e. The van der Waals surface area contributed by atoms with Gasteiger partial charge in [0.25, 0.3) is 0 Å². The zero-order chi connectivity index (χ0) is 15.9. The van der Waals surface area contributed by atoms with Gasteiger partial charge in [-0.25, -0.2) is 4.98 Å². The highest BCUT2D eigenvalue weighted by Crippen LogP contribution is 2.26. The van der Waals surface area contributed by atoms with Crippen molar-refractivity contribution in [2.24, 2.45) is 5.73 Å². The monoisotopic (exact) mass is 373 g/mol. The molecule has 3 N–H and O–H groups in total. The highest BCUT2D eigenvalue weighted by Gasteiger charge is 2.13. The van der Waals surface area contributed by atoms with Gasteiger partial charge >= 0.3 is 0 Å². The number of aromatic nitrogens is 1. The Bertz CT molecular complexity index is 615. The van der Waals surface area contributed by atoms with Crippen molar-refractivity contribution in [2.75, 3.05) is 25.2 Å². The Balaban J connectivity index is 0.00000264. The lowest BCUT2D eigenvalue weighted by Crippen LogP contribution is -2.28. The third-order valence-corrected chi connectivity index (χ3v) is 4.65. The van der Waals surface area contributed by atoms with Crippen molar-refractivity contribution in [3.05, 3.63) is 29.6 Å². The van der Waals surface area contributed by atoms with Crippen molar-refractivity contribution in [1.29, 1.82) is 0 Å². The number of carbonyl (C=O) groups excluding carboxylic acids is 1. The van der Waals surface area contributed by atoms with Crippen LogP contribution in [-0.2, 0) is 9.53 Å². The summed E-state index contributed by atoms with van der Waals surface area (Å²) < 4.78 is 5.10. The van der Waals surface area contributed by atoms with E-state index < -0.39 is 0 Å². The Kier molecular flexibility index (Phi) is 8.57. The summed E-state index contributed by atoms with van der Waals surface area (Å²) in [6.07, 6.45) is 2.00. The first kappa shape index (κ1) is 19.9. The van der Waals surface area contributed by atoms with Crippen molar-refractivity contribution in [1.82, 2.24) is 4.98 Å². The molecule has 23 heavy (non-hydrogen) atoms. The van der Waals surface area contributed by atoms with Gasteiger partial charge in [0.15, 0.2) is 5.13 Å². The van der Waals surface area contributed by atoms with Crippen LogP contribution in [0.4, 0.5) is 5.13 Å². The van der Waals surface area contributed by atoms with Crippen LogP contribution < -0.4 is 11.1 Å². The summed E-state index contributed by atoms with van der Waals surface area (Å²) in [6.45, 7) is 0.314. The lowest BCUT2D eigenvalue weighted by atomic mass is 10.2. The number of methoxy groups -OCH3 is 1. The van der Waals surface area contributed by atoms with E-state index >= 15 is 0 Å². The van der Waals surface area contributed by atoms with E-state index in [1.807, 2.05) is 23.8 Å². The standard InChI is InChI=1S/C15H19N3O2S2.ClH/c1-20-11(8-16)7-14(19)18-15-17-13(9-22-15)10-3-5-12(21-2)6-4-10;/h3-6,9,11H,7-8,16H2,1-2H3,(H,17,18,19);1H. The Hall–Kier alpha value is -1.12. The number of nitrogens with two attached hydrogens (primary N) is 1. The second kappa shape index (κ2) is 9.89. The molecule has 5 nitrogen and oxygen atoms in total. The summed E-state index contributed by atoms with van der Waals surface area (Å²) in [6, 6.07) is 8.17. The summed E-state index contributed by atoms with van der Waals surface area (Å²) in [5.74, 6) is -0.143. The molecule has 2 rings (SSSR count). The number of thiazole rings is 1. The third kappa shape index (κ3) is 5.78. The number of amides is 1. The molecule has 0 saturated carbocycles. The molecular formula is C15H20ClN3O2S2. The number of carbonyl (C=O) groups is 1. The Labute approximate surface area is 150 Å². The van der Waals surface area contributed by atoms with Gasteiger partial charge in [-0.05, 0) is 18.4 Å². The van der Waals surface area contributed by atoms with Crippen LogP contribution in [-0.4, -0.2) is 36.9 Å². The highest BCUT2D eigenvalue weighted by molar-refractivity contribution is 7.98. The number of nitrogens with zero attached hydrogens (tertiary/aromatic N) is 1. The number of thioether (sulfide) groups is 1. The predicted octanol–water partition coefficient (Wildman–Crippen LogP) is 3.26. The summed E-state index contributed by atoms with van der Waals surface area (Å²) in [7, 11) is 1.55. The molecule has 1 unspecified atom stereocenters. The van der Waals surface area contributed by atoms with Crippen LogP contribution in [0.5, 0.6) is 0 Å². The number of hydrogen-bond donors (Lipinski definition) is 2. The number of hydrogen-bond acceptors (Lipinski definition) is 6. The first-order valence-electron chi connectivity index (χ1n) is 6.79. The van der Waals surface area contributed by atoms with Crippen LogP contribution >= 0.6 is 35.5 Å². The van der Waals surface area contributed by atoms with Crippen molar-refractivity contribution < 1.29 is 9.53 Å². The van der Waals surface area contributed by atoms with Crippen LogP contribution in [0.1, 0.15) is 6.42 Å².